The molecule has 3 aromatic rings. The van der Waals surface area contributed by atoms with Gasteiger partial charge in [-0.3, -0.25) is 15.0 Å². The summed E-state index contributed by atoms with van der Waals surface area (Å²) in [5.41, 5.74) is 3.99. The topological polar surface area (TPSA) is 84.9 Å². The first-order valence-electron chi connectivity index (χ1n) is 10.1. The van der Waals surface area contributed by atoms with Gasteiger partial charge < -0.3 is 14.8 Å². The van der Waals surface area contributed by atoms with E-state index in [-0.39, 0.29) is 5.69 Å². The van der Waals surface area contributed by atoms with E-state index in [0.29, 0.717) is 17.8 Å². The van der Waals surface area contributed by atoms with Gasteiger partial charge in [-0.1, -0.05) is 0 Å². The van der Waals surface area contributed by atoms with Crippen molar-refractivity contribution in [3.05, 3.63) is 99.2 Å². The van der Waals surface area contributed by atoms with Gasteiger partial charge >= 0.3 is 0 Å². The maximum absolute atomic E-state index is 13.5. The Kier molecular flexibility index (Phi) is 5.68. The van der Waals surface area contributed by atoms with Crippen molar-refractivity contribution in [2.45, 2.75) is 6.17 Å². The molecule has 0 aliphatic carbocycles. The number of rotatable bonds is 6. The van der Waals surface area contributed by atoms with Crippen LogP contribution in [0, 0.1) is 15.3 Å². The average Bonchev–Trinajstić information content (AvgIpc) is 3.16. The zero-order chi connectivity index (χ0) is 22.8. The van der Waals surface area contributed by atoms with E-state index in [9.17, 15) is 15.3 Å². The lowest BCUT2D eigenvalue weighted by Crippen LogP contribution is -2.28. The molecule has 1 unspecified atom stereocenters. The van der Waals surface area contributed by atoms with Gasteiger partial charge in [0.25, 0.3) is 11.9 Å². The van der Waals surface area contributed by atoms with E-state index < -0.39 is 11.1 Å². The second-order valence-electron chi connectivity index (χ2n) is 7.76. The van der Waals surface area contributed by atoms with E-state index in [2.05, 4.69) is 0 Å². The lowest BCUT2D eigenvalue weighted by Gasteiger charge is -2.25. The molecule has 0 aromatic heterocycles. The first-order valence-corrected chi connectivity index (χ1v) is 10.1. The highest BCUT2D eigenvalue weighted by atomic mass is 16.6. The fourth-order valence-electron chi connectivity index (χ4n) is 3.85. The molecule has 1 heterocycles. The van der Waals surface area contributed by atoms with E-state index in [1.54, 1.807) is 19.2 Å². The number of methoxy groups -OCH3 is 1. The third kappa shape index (κ3) is 3.94. The summed E-state index contributed by atoms with van der Waals surface area (Å²) in [6.07, 6.45) is -0.565. The Balaban J connectivity index is 1.76. The maximum Gasteiger partial charge on any atom is 0.269 e. The molecular formula is C24H24N4O4. The summed E-state index contributed by atoms with van der Waals surface area (Å²) < 4.78 is 6.26. The molecule has 0 bridgehead atoms. The van der Waals surface area contributed by atoms with Crippen LogP contribution < -0.4 is 14.5 Å². The molecule has 0 saturated carbocycles. The van der Waals surface area contributed by atoms with Crippen LogP contribution in [0.3, 0.4) is 0 Å². The Morgan fingerprint density at radius 2 is 1.62 bits per heavy atom. The second-order valence-corrected chi connectivity index (χ2v) is 7.76. The van der Waals surface area contributed by atoms with Gasteiger partial charge in [0.1, 0.15) is 12.3 Å². The summed E-state index contributed by atoms with van der Waals surface area (Å²) in [5, 5.41) is 24.5. The fourth-order valence-corrected chi connectivity index (χ4v) is 3.85. The molecule has 4 rings (SSSR count). The smallest absolute Gasteiger partial charge is 0.269 e. The maximum atomic E-state index is 13.5. The van der Waals surface area contributed by atoms with Crippen molar-refractivity contribution in [1.82, 2.24) is 0 Å². The van der Waals surface area contributed by atoms with Crippen LogP contribution in [0.4, 0.5) is 17.1 Å². The molecule has 8 nitrogen and oxygen atoms in total. The number of hydroxylamine groups is 1. The lowest BCUT2D eigenvalue weighted by molar-refractivity contribution is -0.497. The largest absolute Gasteiger partial charge is 0.622 e. The van der Waals surface area contributed by atoms with E-state index in [0.717, 1.165) is 27.4 Å². The van der Waals surface area contributed by atoms with Crippen LogP contribution in [-0.4, -0.2) is 43.1 Å². The van der Waals surface area contributed by atoms with E-state index >= 15 is 0 Å². The van der Waals surface area contributed by atoms with Gasteiger partial charge in [0.2, 0.25) is 5.71 Å². The number of non-ortho nitro benzene ring substituents is 1. The minimum absolute atomic E-state index is 0.00682. The van der Waals surface area contributed by atoms with Gasteiger partial charge in [-0.2, -0.15) is 4.74 Å². The summed E-state index contributed by atoms with van der Waals surface area (Å²) in [6.45, 7) is 0.369. The van der Waals surface area contributed by atoms with Crippen LogP contribution in [-0.2, 0) is 0 Å². The fraction of sp³-hybridized carbons (Fsp3) is 0.208. The molecule has 3 aromatic carbocycles. The third-order valence-corrected chi connectivity index (χ3v) is 5.63. The molecule has 1 atom stereocenters. The molecule has 0 amide bonds. The Morgan fingerprint density at radius 3 is 2.16 bits per heavy atom. The molecular weight excluding hydrogens is 408 g/mol. The highest BCUT2D eigenvalue weighted by Gasteiger charge is 2.39. The highest BCUT2D eigenvalue weighted by Crippen LogP contribution is 2.34. The molecule has 0 radical (unpaired) electrons. The van der Waals surface area contributed by atoms with Gasteiger partial charge in [0.15, 0.2) is 0 Å². The number of nitro groups is 1. The normalized spacial score (nSPS) is 15.7. The van der Waals surface area contributed by atoms with Crippen LogP contribution in [0.1, 0.15) is 17.3 Å². The summed E-state index contributed by atoms with van der Waals surface area (Å²) in [6, 6.07) is 21.6. The summed E-state index contributed by atoms with van der Waals surface area (Å²) >= 11 is 0. The van der Waals surface area contributed by atoms with E-state index in [4.69, 9.17) is 4.74 Å². The molecule has 0 spiro atoms. The van der Waals surface area contributed by atoms with E-state index in [1.165, 1.54) is 12.1 Å². The van der Waals surface area contributed by atoms with Crippen LogP contribution >= 0.6 is 0 Å². The minimum Gasteiger partial charge on any atom is -0.622 e. The number of benzene rings is 3. The van der Waals surface area contributed by atoms with Gasteiger partial charge in [-0.05, 0) is 60.7 Å². The third-order valence-electron chi connectivity index (χ3n) is 5.63. The summed E-state index contributed by atoms with van der Waals surface area (Å²) in [4.78, 5) is 14.6. The Hall–Kier alpha value is -4.07. The SMILES string of the molecule is COc1ccc(N2CC(c3ccc([N+](=O)[O-])cc3)=[N+]([O-])C2c2ccc(N(C)C)cc2)cc1. The van der Waals surface area contributed by atoms with Crippen molar-refractivity contribution < 1.29 is 14.4 Å². The standard InChI is InChI=1S/C24H24N4O4/c1-25(2)19-8-6-18(7-9-19)24-26(20-12-14-22(32-3)15-13-20)16-23(27(24)29)17-4-10-21(11-5-17)28(30)31/h4-15,24H,16H2,1-3H3. The van der Waals surface area contributed by atoms with Crippen LogP contribution in [0.25, 0.3) is 0 Å². The van der Waals surface area contributed by atoms with Crippen molar-refractivity contribution >= 4 is 22.8 Å². The van der Waals surface area contributed by atoms with Crippen molar-refractivity contribution in [3.63, 3.8) is 0 Å². The van der Waals surface area contributed by atoms with Crippen molar-refractivity contribution in [1.29, 1.82) is 0 Å². The van der Waals surface area contributed by atoms with Gasteiger partial charge in [0, 0.05) is 48.7 Å². The first-order chi connectivity index (χ1) is 15.4. The van der Waals surface area contributed by atoms with Gasteiger partial charge in [-0.25, -0.2) is 0 Å². The monoisotopic (exact) mass is 432 g/mol. The molecule has 32 heavy (non-hydrogen) atoms. The number of hydrogen-bond donors (Lipinski definition) is 0. The molecule has 0 N–H and O–H groups in total. The quantitative estimate of drug-likeness (QED) is 0.251. The minimum atomic E-state index is -0.565. The van der Waals surface area contributed by atoms with Crippen LogP contribution in [0.2, 0.25) is 0 Å². The average molecular weight is 432 g/mol. The summed E-state index contributed by atoms with van der Waals surface area (Å²) in [5.74, 6) is 0.735. The molecule has 0 fully saturated rings. The van der Waals surface area contributed by atoms with E-state index in [1.807, 2.05) is 72.4 Å². The van der Waals surface area contributed by atoms with Crippen LogP contribution in [0.15, 0.2) is 72.8 Å². The molecule has 0 saturated heterocycles. The Morgan fingerprint density at radius 1 is 1.00 bits per heavy atom. The van der Waals surface area contributed by atoms with Crippen LogP contribution in [0.5, 0.6) is 5.75 Å². The predicted molar refractivity (Wildman–Crippen MR) is 125 cm³/mol. The first kappa shape index (κ1) is 21.2. The Labute approximate surface area is 186 Å². The number of nitro benzene ring substituents is 1. The second kappa shape index (κ2) is 8.58. The number of ether oxygens (including phenoxy) is 1. The van der Waals surface area contributed by atoms with Crippen molar-refractivity contribution in [2.75, 3.05) is 37.5 Å². The molecule has 1 aliphatic rings. The molecule has 1 aliphatic heterocycles. The van der Waals surface area contributed by atoms with Crippen molar-refractivity contribution in [2.24, 2.45) is 0 Å². The van der Waals surface area contributed by atoms with Gasteiger partial charge in [-0.15, -0.1) is 0 Å². The number of anilines is 2. The number of hydrogen-bond acceptors (Lipinski definition) is 6. The zero-order valence-corrected chi connectivity index (χ0v) is 18.1. The van der Waals surface area contributed by atoms with Crippen molar-refractivity contribution in [3.8, 4) is 5.75 Å². The summed E-state index contributed by atoms with van der Waals surface area (Å²) in [7, 11) is 5.54. The molecule has 8 heteroatoms. The lowest BCUT2D eigenvalue weighted by atomic mass is 10.1. The van der Waals surface area contributed by atoms with Gasteiger partial charge in [0.05, 0.1) is 12.0 Å². The number of nitrogens with zero attached hydrogens (tertiary/aromatic N) is 4. The molecule has 164 valence electrons. The Bertz CT molecular complexity index is 1140. The highest BCUT2D eigenvalue weighted by molar-refractivity contribution is 6.01. The zero-order valence-electron chi connectivity index (χ0n) is 18.1. The predicted octanol–water partition coefficient (Wildman–Crippen LogP) is 4.19.